The number of hydrogen-bond donors (Lipinski definition) is 2. The third-order valence-corrected chi connectivity index (χ3v) is 3.46. The van der Waals surface area contributed by atoms with Gasteiger partial charge in [-0.3, -0.25) is 0 Å². The number of rotatable bonds is 2. The van der Waals surface area contributed by atoms with Crippen molar-refractivity contribution in [1.82, 2.24) is 0 Å². The standard InChI is InChI=1S/C13H17FN2O2/c1-8-4-2-3-5-16(8)12-6-9(13(17)18)11(15)7-10(12)14/h6-8H,2-5,15H2,1H3,(H,17,18). The highest BCUT2D eigenvalue weighted by Gasteiger charge is 2.23. The normalized spacial score (nSPS) is 19.9. The van der Waals surface area contributed by atoms with Crippen LogP contribution in [0.25, 0.3) is 0 Å². The number of aromatic carboxylic acids is 1. The van der Waals surface area contributed by atoms with Crippen molar-refractivity contribution < 1.29 is 14.3 Å². The van der Waals surface area contributed by atoms with E-state index >= 15 is 0 Å². The fourth-order valence-electron chi connectivity index (χ4n) is 2.44. The first kappa shape index (κ1) is 12.7. The van der Waals surface area contributed by atoms with Crippen molar-refractivity contribution in [1.29, 1.82) is 0 Å². The van der Waals surface area contributed by atoms with E-state index in [1.807, 2.05) is 11.8 Å². The maximum absolute atomic E-state index is 13.9. The molecule has 98 valence electrons. The fourth-order valence-corrected chi connectivity index (χ4v) is 2.44. The molecule has 0 radical (unpaired) electrons. The molecule has 0 spiro atoms. The molecule has 0 aliphatic carbocycles. The summed E-state index contributed by atoms with van der Waals surface area (Å²) in [6, 6.07) is 2.66. The smallest absolute Gasteiger partial charge is 0.337 e. The maximum atomic E-state index is 13.9. The summed E-state index contributed by atoms with van der Waals surface area (Å²) >= 11 is 0. The second-order valence-electron chi connectivity index (χ2n) is 4.73. The molecule has 1 saturated heterocycles. The number of piperidine rings is 1. The molecule has 18 heavy (non-hydrogen) atoms. The number of benzene rings is 1. The first-order valence-electron chi connectivity index (χ1n) is 6.09. The number of nitrogens with two attached hydrogens (primary N) is 1. The molecule has 1 aliphatic heterocycles. The number of carboxylic acids is 1. The molecule has 4 nitrogen and oxygen atoms in total. The van der Waals surface area contributed by atoms with Gasteiger partial charge in [0.1, 0.15) is 5.82 Å². The Hall–Kier alpha value is -1.78. The van der Waals surface area contributed by atoms with Gasteiger partial charge in [0.15, 0.2) is 0 Å². The van der Waals surface area contributed by atoms with Crippen molar-refractivity contribution in [3.05, 3.63) is 23.5 Å². The summed E-state index contributed by atoms with van der Waals surface area (Å²) in [5.41, 5.74) is 5.79. The first-order valence-corrected chi connectivity index (χ1v) is 6.09. The maximum Gasteiger partial charge on any atom is 0.337 e. The minimum atomic E-state index is -1.13. The molecule has 0 bridgehead atoms. The van der Waals surface area contributed by atoms with Gasteiger partial charge in [-0.25, -0.2) is 9.18 Å². The van der Waals surface area contributed by atoms with E-state index in [9.17, 15) is 9.18 Å². The van der Waals surface area contributed by atoms with Crippen LogP contribution >= 0.6 is 0 Å². The van der Waals surface area contributed by atoms with Crippen molar-refractivity contribution in [2.24, 2.45) is 0 Å². The Morgan fingerprint density at radius 2 is 2.22 bits per heavy atom. The minimum absolute atomic E-state index is 0.0339. The molecule has 0 aromatic heterocycles. The molecule has 1 fully saturated rings. The van der Waals surface area contributed by atoms with Gasteiger partial charge in [0.2, 0.25) is 0 Å². The largest absolute Gasteiger partial charge is 0.478 e. The van der Waals surface area contributed by atoms with Crippen LogP contribution in [0.15, 0.2) is 12.1 Å². The van der Waals surface area contributed by atoms with Crippen molar-refractivity contribution in [2.75, 3.05) is 17.2 Å². The number of halogens is 1. The number of carbonyl (C=O) groups is 1. The number of anilines is 2. The summed E-state index contributed by atoms with van der Waals surface area (Å²) in [7, 11) is 0. The van der Waals surface area contributed by atoms with Crippen molar-refractivity contribution in [3.8, 4) is 0 Å². The van der Waals surface area contributed by atoms with Gasteiger partial charge in [-0.2, -0.15) is 0 Å². The number of nitrogens with zero attached hydrogens (tertiary/aromatic N) is 1. The van der Waals surface area contributed by atoms with Crippen molar-refractivity contribution in [3.63, 3.8) is 0 Å². The van der Waals surface area contributed by atoms with Gasteiger partial charge < -0.3 is 15.7 Å². The molecule has 1 aromatic carbocycles. The molecule has 0 saturated carbocycles. The lowest BCUT2D eigenvalue weighted by molar-refractivity contribution is 0.0698. The molecule has 1 aromatic rings. The summed E-state index contributed by atoms with van der Waals surface area (Å²) in [6.07, 6.45) is 3.11. The van der Waals surface area contributed by atoms with E-state index in [2.05, 4.69) is 0 Å². The van der Waals surface area contributed by atoms with Crippen LogP contribution in [-0.4, -0.2) is 23.7 Å². The van der Waals surface area contributed by atoms with E-state index in [0.717, 1.165) is 31.9 Å². The van der Waals surface area contributed by atoms with Gasteiger partial charge in [-0.1, -0.05) is 0 Å². The molecular formula is C13H17FN2O2. The predicted molar refractivity (Wildman–Crippen MR) is 68.4 cm³/mol. The van der Waals surface area contributed by atoms with Gasteiger partial charge in [0.25, 0.3) is 0 Å². The fraction of sp³-hybridized carbons (Fsp3) is 0.462. The lowest BCUT2D eigenvalue weighted by Crippen LogP contribution is -2.38. The number of hydrogen-bond acceptors (Lipinski definition) is 3. The molecule has 0 amide bonds. The van der Waals surface area contributed by atoms with Crippen LogP contribution in [0, 0.1) is 5.82 Å². The highest BCUT2D eigenvalue weighted by atomic mass is 19.1. The Morgan fingerprint density at radius 1 is 1.50 bits per heavy atom. The highest BCUT2D eigenvalue weighted by molar-refractivity contribution is 5.95. The van der Waals surface area contributed by atoms with Crippen LogP contribution in [0.4, 0.5) is 15.8 Å². The third-order valence-electron chi connectivity index (χ3n) is 3.46. The number of carboxylic acid groups (broad SMARTS) is 1. The summed E-state index contributed by atoms with van der Waals surface area (Å²) in [6.45, 7) is 2.77. The lowest BCUT2D eigenvalue weighted by atomic mass is 10.0. The Balaban J connectivity index is 2.43. The van der Waals surface area contributed by atoms with E-state index in [1.54, 1.807) is 0 Å². The topological polar surface area (TPSA) is 66.6 Å². The zero-order chi connectivity index (χ0) is 13.3. The highest BCUT2D eigenvalue weighted by Crippen LogP contribution is 2.30. The molecule has 1 atom stereocenters. The summed E-state index contributed by atoms with van der Waals surface area (Å²) < 4.78 is 13.9. The Labute approximate surface area is 105 Å². The molecule has 1 aliphatic rings. The summed E-state index contributed by atoms with van der Waals surface area (Å²) in [5.74, 6) is -1.58. The van der Waals surface area contributed by atoms with Gasteiger partial charge in [0, 0.05) is 18.3 Å². The zero-order valence-corrected chi connectivity index (χ0v) is 10.3. The third kappa shape index (κ3) is 2.25. The minimum Gasteiger partial charge on any atom is -0.478 e. The van der Waals surface area contributed by atoms with Gasteiger partial charge in [0.05, 0.1) is 11.3 Å². The predicted octanol–water partition coefficient (Wildman–Crippen LogP) is 2.48. The summed E-state index contributed by atoms with van der Waals surface area (Å²) in [4.78, 5) is 12.9. The van der Waals surface area contributed by atoms with E-state index in [1.165, 1.54) is 6.07 Å². The Kier molecular flexibility index (Phi) is 3.41. The monoisotopic (exact) mass is 252 g/mol. The van der Waals surface area contributed by atoms with Crippen LogP contribution in [0.3, 0.4) is 0 Å². The van der Waals surface area contributed by atoms with E-state index < -0.39 is 11.8 Å². The van der Waals surface area contributed by atoms with Gasteiger partial charge in [-0.05, 0) is 38.3 Å². The SMILES string of the molecule is CC1CCCCN1c1cc(C(=O)O)c(N)cc1F. The Bertz CT molecular complexity index is 476. The average molecular weight is 252 g/mol. The molecule has 5 heteroatoms. The van der Waals surface area contributed by atoms with E-state index in [0.29, 0.717) is 5.69 Å². The molecule has 3 N–H and O–H groups in total. The van der Waals surface area contributed by atoms with Crippen LogP contribution in [0.2, 0.25) is 0 Å². The van der Waals surface area contributed by atoms with Gasteiger partial charge >= 0.3 is 5.97 Å². The van der Waals surface area contributed by atoms with Crippen molar-refractivity contribution in [2.45, 2.75) is 32.2 Å². The van der Waals surface area contributed by atoms with E-state index in [-0.39, 0.29) is 17.3 Å². The zero-order valence-electron chi connectivity index (χ0n) is 10.3. The molecule has 1 heterocycles. The Morgan fingerprint density at radius 3 is 2.83 bits per heavy atom. The molecule has 2 rings (SSSR count). The lowest BCUT2D eigenvalue weighted by Gasteiger charge is -2.35. The summed E-state index contributed by atoms with van der Waals surface area (Å²) in [5, 5.41) is 9.02. The molecule has 1 unspecified atom stereocenters. The van der Waals surface area contributed by atoms with Crippen LogP contribution in [0.1, 0.15) is 36.5 Å². The van der Waals surface area contributed by atoms with Crippen LogP contribution in [-0.2, 0) is 0 Å². The second kappa shape index (κ2) is 4.84. The average Bonchev–Trinajstić information content (AvgIpc) is 2.30. The van der Waals surface area contributed by atoms with Crippen LogP contribution in [0.5, 0.6) is 0 Å². The molecular weight excluding hydrogens is 235 g/mol. The quantitative estimate of drug-likeness (QED) is 0.793. The second-order valence-corrected chi connectivity index (χ2v) is 4.73. The van der Waals surface area contributed by atoms with E-state index in [4.69, 9.17) is 10.8 Å². The first-order chi connectivity index (χ1) is 8.50. The van der Waals surface area contributed by atoms with Crippen molar-refractivity contribution >= 4 is 17.3 Å². The van der Waals surface area contributed by atoms with Crippen LogP contribution < -0.4 is 10.6 Å². The van der Waals surface area contributed by atoms with Gasteiger partial charge in [-0.15, -0.1) is 0 Å². The number of nitrogen functional groups attached to an aromatic ring is 1.